The topological polar surface area (TPSA) is 27.3 Å². The van der Waals surface area contributed by atoms with Crippen molar-refractivity contribution in [2.45, 2.75) is 70.4 Å². The molecule has 0 saturated carbocycles. The zero-order valence-corrected chi connectivity index (χ0v) is 20.6. The third kappa shape index (κ3) is 6.58. The molecule has 0 spiro atoms. The lowest BCUT2D eigenvalue weighted by Crippen LogP contribution is -2.63. The maximum atomic E-state index is 14.5. The first-order valence-corrected chi connectivity index (χ1v) is 11.4. The number of rotatable bonds is 4. The van der Waals surface area contributed by atoms with Crippen LogP contribution in [0.15, 0.2) is 42.5 Å². The van der Waals surface area contributed by atoms with E-state index < -0.39 is 16.8 Å². The first-order chi connectivity index (χ1) is 15.2. The minimum atomic E-state index is -4.54. The van der Waals surface area contributed by atoms with Gasteiger partial charge < -0.3 is 15.5 Å². The summed E-state index contributed by atoms with van der Waals surface area (Å²) in [5.41, 5.74) is -0.462. The molecule has 2 N–H and O–H groups in total. The van der Waals surface area contributed by atoms with E-state index in [1.54, 1.807) is 18.2 Å². The number of thiocarbonyl (C=S) groups is 1. The van der Waals surface area contributed by atoms with Crippen LogP contribution in [0.25, 0.3) is 0 Å². The summed E-state index contributed by atoms with van der Waals surface area (Å²) in [5, 5.41) is 6.52. The standard InChI is InChI=1S/C24H28ClF4N3S/c1-22(2)12-17(13-23(3,4)31-22)32(14-15-7-5-6-8-20(15)26)21(33)30-16-9-10-18(19(25)11-16)24(27,28)29/h5-11,17,31H,12-14H2,1-4H3,(H,30,33). The van der Waals surface area contributed by atoms with Crippen LogP contribution >= 0.6 is 23.8 Å². The van der Waals surface area contributed by atoms with Crippen molar-refractivity contribution in [3.63, 3.8) is 0 Å². The maximum Gasteiger partial charge on any atom is 0.417 e. The number of alkyl halides is 3. The molecule has 33 heavy (non-hydrogen) atoms. The molecule has 2 aromatic carbocycles. The van der Waals surface area contributed by atoms with Crippen LogP contribution in [0.2, 0.25) is 5.02 Å². The third-order valence-electron chi connectivity index (χ3n) is 5.69. The van der Waals surface area contributed by atoms with E-state index in [9.17, 15) is 17.6 Å². The highest BCUT2D eigenvalue weighted by atomic mass is 35.5. The first kappa shape index (κ1) is 25.7. The Bertz CT molecular complexity index is 1010. The Morgan fingerprint density at radius 2 is 1.73 bits per heavy atom. The third-order valence-corrected chi connectivity index (χ3v) is 6.34. The molecule has 1 heterocycles. The zero-order valence-electron chi connectivity index (χ0n) is 19.0. The monoisotopic (exact) mass is 501 g/mol. The van der Waals surface area contributed by atoms with Crippen LogP contribution in [0.1, 0.15) is 51.7 Å². The summed E-state index contributed by atoms with van der Waals surface area (Å²) in [5.74, 6) is -0.338. The Hall–Kier alpha value is -1.90. The van der Waals surface area contributed by atoms with E-state index in [1.807, 2.05) is 4.90 Å². The second-order valence-corrected chi connectivity index (χ2v) is 10.6. The van der Waals surface area contributed by atoms with Crippen LogP contribution in [-0.4, -0.2) is 27.1 Å². The largest absolute Gasteiger partial charge is 0.417 e. The summed E-state index contributed by atoms with van der Waals surface area (Å²) in [7, 11) is 0. The van der Waals surface area contributed by atoms with Gasteiger partial charge in [0.25, 0.3) is 0 Å². The second kappa shape index (κ2) is 9.39. The molecule has 0 unspecified atom stereocenters. The Balaban J connectivity index is 1.91. The summed E-state index contributed by atoms with van der Waals surface area (Å²) >= 11 is 11.6. The minimum absolute atomic E-state index is 0.0271. The highest BCUT2D eigenvalue weighted by Gasteiger charge is 2.41. The molecule has 0 aromatic heterocycles. The van der Waals surface area contributed by atoms with Crippen LogP contribution in [-0.2, 0) is 12.7 Å². The van der Waals surface area contributed by atoms with Crippen molar-refractivity contribution in [3.05, 3.63) is 64.4 Å². The number of anilines is 1. The highest BCUT2D eigenvalue weighted by Crippen LogP contribution is 2.36. The molecule has 1 saturated heterocycles. The van der Waals surface area contributed by atoms with Gasteiger partial charge in [-0.3, -0.25) is 0 Å². The molecular formula is C24H28ClF4N3S. The highest BCUT2D eigenvalue weighted by molar-refractivity contribution is 7.80. The summed E-state index contributed by atoms with van der Waals surface area (Å²) in [6.45, 7) is 8.65. The predicted octanol–water partition coefficient (Wildman–Crippen LogP) is 7.01. The smallest absolute Gasteiger partial charge is 0.341 e. The van der Waals surface area contributed by atoms with Gasteiger partial charge in [-0.2, -0.15) is 13.2 Å². The van der Waals surface area contributed by atoms with E-state index >= 15 is 0 Å². The van der Waals surface area contributed by atoms with Crippen LogP contribution < -0.4 is 10.6 Å². The molecule has 0 bridgehead atoms. The number of benzene rings is 2. The van der Waals surface area contributed by atoms with Gasteiger partial charge in [0.15, 0.2) is 5.11 Å². The van der Waals surface area contributed by atoms with Crippen LogP contribution in [0.5, 0.6) is 0 Å². The number of nitrogens with one attached hydrogen (secondary N) is 2. The summed E-state index contributed by atoms with van der Waals surface area (Å²) in [6.07, 6.45) is -3.04. The number of halogens is 5. The van der Waals surface area contributed by atoms with Gasteiger partial charge in [-0.1, -0.05) is 29.8 Å². The minimum Gasteiger partial charge on any atom is -0.341 e. The maximum absolute atomic E-state index is 14.5. The van der Waals surface area contributed by atoms with Crippen molar-refractivity contribution in [3.8, 4) is 0 Å². The summed E-state index contributed by atoms with van der Waals surface area (Å²) in [6, 6.07) is 9.88. The molecule has 0 radical (unpaired) electrons. The van der Waals surface area contributed by atoms with Crippen molar-refractivity contribution in [1.29, 1.82) is 0 Å². The molecular weight excluding hydrogens is 474 g/mol. The van der Waals surface area contributed by atoms with E-state index in [1.165, 1.54) is 18.2 Å². The Morgan fingerprint density at radius 1 is 1.12 bits per heavy atom. The molecule has 1 aliphatic heterocycles. The molecule has 1 fully saturated rings. The van der Waals surface area contributed by atoms with E-state index in [4.69, 9.17) is 23.8 Å². The molecule has 180 valence electrons. The van der Waals surface area contributed by atoms with Crippen molar-refractivity contribution < 1.29 is 17.6 Å². The summed E-state index contributed by atoms with van der Waals surface area (Å²) < 4.78 is 53.7. The fourth-order valence-electron chi connectivity index (χ4n) is 4.68. The molecule has 1 aliphatic rings. The fraction of sp³-hybridized carbons (Fsp3) is 0.458. The Morgan fingerprint density at radius 3 is 2.27 bits per heavy atom. The number of hydrogen-bond acceptors (Lipinski definition) is 2. The fourth-order valence-corrected chi connectivity index (χ4v) is 5.30. The Labute approximate surface area is 202 Å². The van der Waals surface area contributed by atoms with Crippen molar-refractivity contribution in [2.75, 3.05) is 5.32 Å². The van der Waals surface area contributed by atoms with E-state index in [0.717, 1.165) is 18.9 Å². The number of nitrogens with zero attached hydrogens (tertiary/aromatic N) is 1. The molecule has 3 rings (SSSR count). The SMILES string of the molecule is CC1(C)CC(N(Cc2ccccc2F)C(=S)Nc2ccc(C(F)(F)F)c(Cl)c2)CC(C)(C)N1. The van der Waals surface area contributed by atoms with E-state index in [0.29, 0.717) is 16.4 Å². The van der Waals surface area contributed by atoms with Gasteiger partial charge in [0.05, 0.1) is 10.6 Å². The van der Waals surface area contributed by atoms with Crippen molar-refractivity contribution in [2.24, 2.45) is 0 Å². The van der Waals surface area contributed by atoms with E-state index in [2.05, 4.69) is 38.3 Å². The quantitative estimate of drug-likeness (QED) is 0.348. The molecule has 0 atom stereocenters. The number of hydrogen-bond donors (Lipinski definition) is 2. The molecule has 0 aliphatic carbocycles. The predicted molar refractivity (Wildman–Crippen MR) is 129 cm³/mol. The van der Waals surface area contributed by atoms with Gasteiger partial charge in [0.1, 0.15) is 5.82 Å². The van der Waals surface area contributed by atoms with Gasteiger partial charge in [0.2, 0.25) is 0 Å². The Kier molecular flexibility index (Phi) is 7.32. The molecule has 0 amide bonds. The average Bonchev–Trinajstić information content (AvgIpc) is 2.63. The van der Waals surface area contributed by atoms with Gasteiger partial charge in [-0.15, -0.1) is 0 Å². The lowest BCUT2D eigenvalue weighted by atomic mass is 9.79. The second-order valence-electron chi connectivity index (χ2n) is 9.80. The van der Waals surface area contributed by atoms with Crippen LogP contribution in [0, 0.1) is 5.82 Å². The lowest BCUT2D eigenvalue weighted by Gasteiger charge is -2.50. The molecule has 3 nitrogen and oxygen atoms in total. The van der Waals surface area contributed by atoms with Gasteiger partial charge in [0, 0.05) is 34.9 Å². The normalized spacial score (nSPS) is 18.1. The average molecular weight is 502 g/mol. The van der Waals surface area contributed by atoms with Gasteiger partial charge >= 0.3 is 6.18 Å². The molecule has 2 aromatic rings. The van der Waals surface area contributed by atoms with Crippen LogP contribution in [0.3, 0.4) is 0 Å². The van der Waals surface area contributed by atoms with Crippen molar-refractivity contribution >= 4 is 34.6 Å². The van der Waals surface area contributed by atoms with Crippen molar-refractivity contribution in [1.82, 2.24) is 10.2 Å². The van der Waals surface area contributed by atoms with Crippen LogP contribution in [0.4, 0.5) is 23.2 Å². The van der Waals surface area contributed by atoms with E-state index in [-0.39, 0.29) is 29.5 Å². The van der Waals surface area contributed by atoms with Gasteiger partial charge in [-0.05, 0) is 77.0 Å². The number of piperidine rings is 1. The zero-order chi connectivity index (χ0) is 24.6. The first-order valence-electron chi connectivity index (χ1n) is 10.6. The lowest BCUT2D eigenvalue weighted by molar-refractivity contribution is -0.137. The molecule has 9 heteroatoms. The summed E-state index contributed by atoms with van der Waals surface area (Å²) in [4.78, 5) is 1.92. The van der Waals surface area contributed by atoms with Gasteiger partial charge in [-0.25, -0.2) is 4.39 Å².